The van der Waals surface area contributed by atoms with Crippen LogP contribution in [0.2, 0.25) is 0 Å². The van der Waals surface area contributed by atoms with Crippen LogP contribution in [-0.2, 0) is 16.0 Å². The van der Waals surface area contributed by atoms with Crippen LogP contribution < -0.4 is 0 Å². The van der Waals surface area contributed by atoms with Gasteiger partial charge in [-0.2, -0.15) is 18.2 Å². The fourth-order valence-electron chi connectivity index (χ4n) is 1.10. The first kappa shape index (κ1) is 13.6. The summed E-state index contributed by atoms with van der Waals surface area (Å²) in [5, 5.41) is 3.45. The largest absolute Gasteiger partial charge is 0.450 e. The van der Waals surface area contributed by atoms with Crippen LogP contribution in [0.4, 0.5) is 13.2 Å². The van der Waals surface area contributed by atoms with Crippen molar-refractivity contribution in [1.29, 1.82) is 0 Å². The second kappa shape index (κ2) is 5.26. The number of carbonyl (C=O) groups is 1. The third-order valence-corrected chi connectivity index (χ3v) is 2.06. The molecule has 1 atom stereocenters. The summed E-state index contributed by atoms with van der Waals surface area (Å²) in [5.41, 5.74) is 0. The number of methoxy groups -OCH3 is 1. The SMILES string of the molecule is COCCc1noc(C(C)C(=O)C(F)(F)F)n1. The van der Waals surface area contributed by atoms with Gasteiger partial charge in [0.15, 0.2) is 5.82 Å². The van der Waals surface area contributed by atoms with E-state index in [0.717, 1.165) is 6.92 Å². The summed E-state index contributed by atoms with van der Waals surface area (Å²) < 4.78 is 45.8. The van der Waals surface area contributed by atoms with Crippen LogP contribution >= 0.6 is 0 Å². The Balaban J connectivity index is 2.73. The summed E-state index contributed by atoms with van der Waals surface area (Å²) in [4.78, 5) is 14.6. The minimum Gasteiger partial charge on any atom is -0.384 e. The van der Waals surface area contributed by atoms with E-state index < -0.39 is 17.9 Å². The van der Waals surface area contributed by atoms with Crippen LogP contribution in [0.5, 0.6) is 0 Å². The first-order chi connectivity index (χ1) is 7.86. The summed E-state index contributed by atoms with van der Waals surface area (Å²) in [6, 6.07) is 0. The molecule has 1 aromatic rings. The molecule has 0 fully saturated rings. The molecule has 1 unspecified atom stereocenters. The van der Waals surface area contributed by atoms with Crippen molar-refractivity contribution < 1.29 is 27.2 Å². The molecule has 0 aromatic carbocycles. The topological polar surface area (TPSA) is 65.2 Å². The van der Waals surface area contributed by atoms with Crippen LogP contribution in [-0.4, -0.2) is 35.8 Å². The van der Waals surface area contributed by atoms with E-state index in [1.54, 1.807) is 0 Å². The number of hydrogen-bond acceptors (Lipinski definition) is 5. The Morgan fingerprint density at radius 3 is 2.71 bits per heavy atom. The first-order valence-electron chi connectivity index (χ1n) is 4.78. The van der Waals surface area contributed by atoms with Crippen LogP contribution in [0.1, 0.15) is 24.6 Å². The maximum absolute atomic E-state index is 12.1. The van der Waals surface area contributed by atoms with Crippen molar-refractivity contribution in [2.75, 3.05) is 13.7 Å². The highest BCUT2D eigenvalue weighted by Crippen LogP contribution is 2.26. The van der Waals surface area contributed by atoms with Gasteiger partial charge in [-0.1, -0.05) is 5.16 Å². The number of rotatable bonds is 5. The summed E-state index contributed by atoms with van der Waals surface area (Å²) >= 11 is 0. The highest BCUT2D eigenvalue weighted by molar-refractivity contribution is 5.89. The van der Waals surface area contributed by atoms with Gasteiger partial charge in [0.1, 0.15) is 5.92 Å². The molecule has 5 nitrogen and oxygen atoms in total. The highest BCUT2D eigenvalue weighted by Gasteiger charge is 2.43. The van der Waals surface area contributed by atoms with Crippen molar-refractivity contribution in [2.24, 2.45) is 0 Å². The van der Waals surface area contributed by atoms with Crippen LogP contribution in [0.3, 0.4) is 0 Å². The normalized spacial score (nSPS) is 13.7. The standard InChI is InChI=1S/C9H11F3N2O3/c1-5(7(15)9(10,11)12)8-13-6(14-17-8)3-4-16-2/h5H,3-4H2,1-2H3. The molecule has 0 aliphatic carbocycles. The minimum absolute atomic E-state index is 0.212. The summed E-state index contributed by atoms with van der Waals surface area (Å²) in [6.07, 6.45) is -4.59. The molecule has 0 aliphatic rings. The molecule has 8 heteroatoms. The van der Waals surface area contributed by atoms with Gasteiger partial charge in [0.25, 0.3) is 0 Å². The molecule has 0 bridgehead atoms. The molecule has 0 aliphatic heterocycles. The van der Waals surface area contributed by atoms with Crippen molar-refractivity contribution in [2.45, 2.75) is 25.4 Å². The fraction of sp³-hybridized carbons (Fsp3) is 0.667. The molecule has 0 saturated carbocycles. The summed E-state index contributed by atoms with van der Waals surface area (Å²) in [7, 11) is 1.47. The van der Waals surface area contributed by atoms with Gasteiger partial charge in [0.2, 0.25) is 11.7 Å². The Labute approximate surface area is 94.9 Å². The van der Waals surface area contributed by atoms with E-state index in [-0.39, 0.29) is 11.7 Å². The Kier molecular flexibility index (Phi) is 4.22. The zero-order chi connectivity index (χ0) is 13.1. The number of alkyl halides is 3. The predicted molar refractivity (Wildman–Crippen MR) is 49.4 cm³/mol. The van der Waals surface area contributed by atoms with Crippen molar-refractivity contribution >= 4 is 5.78 Å². The number of halogens is 3. The molecular formula is C9H11F3N2O3. The minimum atomic E-state index is -4.90. The predicted octanol–water partition coefficient (Wildman–Crippen LogP) is 1.49. The Bertz CT molecular complexity index is 389. The van der Waals surface area contributed by atoms with Crippen molar-refractivity contribution in [1.82, 2.24) is 10.1 Å². The van der Waals surface area contributed by atoms with Gasteiger partial charge in [0, 0.05) is 13.5 Å². The monoisotopic (exact) mass is 252 g/mol. The molecule has 17 heavy (non-hydrogen) atoms. The summed E-state index contributed by atoms with van der Waals surface area (Å²) in [6.45, 7) is 1.39. The second-order valence-corrected chi connectivity index (χ2v) is 3.38. The van der Waals surface area contributed by atoms with Gasteiger partial charge < -0.3 is 9.26 Å². The lowest BCUT2D eigenvalue weighted by Gasteiger charge is -2.08. The molecule has 0 radical (unpaired) electrons. The second-order valence-electron chi connectivity index (χ2n) is 3.38. The van der Waals surface area contributed by atoms with E-state index in [1.165, 1.54) is 7.11 Å². The van der Waals surface area contributed by atoms with Gasteiger partial charge in [-0.3, -0.25) is 4.79 Å². The lowest BCUT2D eigenvalue weighted by Crippen LogP contribution is -2.27. The van der Waals surface area contributed by atoms with Gasteiger partial charge in [0.05, 0.1) is 6.61 Å². The van der Waals surface area contributed by atoms with Gasteiger partial charge >= 0.3 is 6.18 Å². The maximum Gasteiger partial charge on any atom is 0.450 e. The highest BCUT2D eigenvalue weighted by atomic mass is 19.4. The van der Waals surface area contributed by atoms with E-state index >= 15 is 0 Å². The Hall–Kier alpha value is -1.44. The molecular weight excluding hydrogens is 241 g/mol. The lowest BCUT2D eigenvalue weighted by molar-refractivity contribution is -0.172. The third-order valence-electron chi connectivity index (χ3n) is 2.06. The van der Waals surface area contributed by atoms with E-state index in [2.05, 4.69) is 14.7 Å². The zero-order valence-corrected chi connectivity index (χ0v) is 9.24. The van der Waals surface area contributed by atoms with Crippen molar-refractivity contribution in [3.8, 4) is 0 Å². The molecule has 1 rings (SSSR count). The third kappa shape index (κ3) is 3.52. The number of Topliss-reactive ketones (excluding diaryl/α,β-unsaturated/α-hetero) is 1. The maximum atomic E-state index is 12.1. The van der Waals surface area contributed by atoms with Gasteiger partial charge in [-0.05, 0) is 6.92 Å². The molecule has 1 heterocycles. The number of ether oxygens (including phenoxy) is 1. The number of nitrogens with zero attached hydrogens (tertiary/aromatic N) is 2. The van der Waals surface area contributed by atoms with Gasteiger partial charge in [-0.15, -0.1) is 0 Å². The Morgan fingerprint density at radius 1 is 1.53 bits per heavy atom. The number of carbonyl (C=O) groups excluding carboxylic acids is 1. The molecule has 1 aromatic heterocycles. The molecule has 0 saturated heterocycles. The first-order valence-corrected chi connectivity index (χ1v) is 4.78. The van der Waals surface area contributed by atoms with Crippen molar-refractivity contribution in [3.05, 3.63) is 11.7 Å². The van der Waals surface area contributed by atoms with Crippen molar-refractivity contribution in [3.63, 3.8) is 0 Å². The average molecular weight is 252 g/mol. The smallest absolute Gasteiger partial charge is 0.384 e. The number of aromatic nitrogens is 2. The van der Waals surface area contributed by atoms with E-state index in [9.17, 15) is 18.0 Å². The van der Waals surface area contributed by atoms with E-state index in [4.69, 9.17) is 4.74 Å². The summed E-state index contributed by atoms with van der Waals surface area (Å²) in [5.74, 6) is -3.51. The number of hydrogen-bond donors (Lipinski definition) is 0. The quantitative estimate of drug-likeness (QED) is 0.794. The molecule has 0 amide bonds. The fourth-order valence-corrected chi connectivity index (χ4v) is 1.10. The van der Waals surface area contributed by atoms with E-state index in [0.29, 0.717) is 13.0 Å². The van der Waals surface area contributed by atoms with Crippen LogP contribution in [0.15, 0.2) is 4.52 Å². The molecule has 0 N–H and O–H groups in total. The Morgan fingerprint density at radius 2 is 2.18 bits per heavy atom. The van der Waals surface area contributed by atoms with Crippen LogP contribution in [0, 0.1) is 0 Å². The molecule has 96 valence electrons. The average Bonchev–Trinajstić information content (AvgIpc) is 2.71. The zero-order valence-electron chi connectivity index (χ0n) is 9.24. The lowest BCUT2D eigenvalue weighted by atomic mass is 10.1. The molecule has 0 spiro atoms. The number of ketones is 1. The van der Waals surface area contributed by atoms with Crippen LogP contribution in [0.25, 0.3) is 0 Å². The van der Waals surface area contributed by atoms with Gasteiger partial charge in [-0.25, -0.2) is 0 Å². The van der Waals surface area contributed by atoms with E-state index in [1.807, 2.05) is 0 Å².